The Morgan fingerprint density at radius 2 is 1.71 bits per heavy atom. The second-order valence-corrected chi connectivity index (χ2v) is 4.15. The number of rotatable bonds is 2. The summed E-state index contributed by atoms with van der Waals surface area (Å²) in [5.74, 6) is -3.62. The molecule has 0 N–H and O–H groups in total. The van der Waals surface area contributed by atoms with E-state index in [4.69, 9.17) is 0 Å². The Bertz CT molecular complexity index is 545. The maximum absolute atomic E-state index is 13.2. The topological polar surface area (TPSA) is 38.7 Å². The monoisotopic (exact) mass is 257 g/mol. The lowest BCUT2D eigenvalue weighted by atomic mass is 10.4. The van der Waals surface area contributed by atoms with Crippen LogP contribution in [0.15, 0.2) is 28.6 Å². The molecular formula is C10H6F3N3S. The quantitative estimate of drug-likeness (QED) is 0.612. The van der Waals surface area contributed by atoms with Gasteiger partial charge in [-0.05, 0) is 24.2 Å². The van der Waals surface area contributed by atoms with Gasteiger partial charge in [0.15, 0.2) is 16.8 Å². The van der Waals surface area contributed by atoms with E-state index in [9.17, 15) is 13.2 Å². The van der Waals surface area contributed by atoms with Crippen LogP contribution in [0.1, 0.15) is 5.56 Å². The molecule has 7 heteroatoms. The lowest BCUT2D eigenvalue weighted by Gasteiger charge is -2.01. The number of halogens is 3. The molecule has 0 fully saturated rings. The number of aryl methyl sites for hydroxylation is 1. The first kappa shape index (κ1) is 11.8. The van der Waals surface area contributed by atoms with Crippen LogP contribution in [-0.4, -0.2) is 15.0 Å². The van der Waals surface area contributed by atoms with Gasteiger partial charge in [0, 0.05) is 18.5 Å². The normalized spacial score (nSPS) is 10.6. The maximum Gasteiger partial charge on any atom is 0.250 e. The first-order valence-corrected chi connectivity index (χ1v) is 5.36. The molecule has 2 aromatic heterocycles. The SMILES string of the molecule is Cc1cnc(Sc2nc(F)c(F)cc2F)nc1. The van der Waals surface area contributed by atoms with E-state index in [2.05, 4.69) is 15.0 Å². The Kier molecular flexibility index (Phi) is 3.28. The van der Waals surface area contributed by atoms with Gasteiger partial charge in [-0.1, -0.05) is 0 Å². The molecule has 0 aromatic carbocycles. The summed E-state index contributed by atoms with van der Waals surface area (Å²) < 4.78 is 38.7. The van der Waals surface area contributed by atoms with Crippen molar-refractivity contribution in [1.29, 1.82) is 0 Å². The highest BCUT2D eigenvalue weighted by atomic mass is 32.2. The van der Waals surface area contributed by atoms with Crippen molar-refractivity contribution < 1.29 is 13.2 Å². The number of nitrogens with zero attached hydrogens (tertiary/aromatic N) is 3. The lowest BCUT2D eigenvalue weighted by Crippen LogP contribution is -1.97. The Hall–Kier alpha value is -1.63. The van der Waals surface area contributed by atoms with E-state index < -0.39 is 17.6 Å². The largest absolute Gasteiger partial charge is 0.250 e. The molecule has 0 radical (unpaired) electrons. The molecule has 0 unspecified atom stereocenters. The molecular weight excluding hydrogens is 251 g/mol. The summed E-state index contributed by atoms with van der Waals surface area (Å²) in [6.07, 6.45) is 3.07. The standard InChI is InChI=1S/C10H6F3N3S/c1-5-3-14-10(15-4-5)17-9-7(12)2-6(11)8(13)16-9/h2-4H,1H3. The molecule has 0 spiro atoms. The molecule has 0 aliphatic rings. The minimum atomic E-state index is -1.35. The van der Waals surface area contributed by atoms with Gasteiger partial charge in [-0.3, -0.25) is 0 Å². The predicted octanol–water partition coefficient (Wildman–Crippen LogP) is 2.75. The molecule has 17 heavy (non-hydrogen) atoms. The van der Waals surface area contributed by atoms with E-state index in [1.54, 1.807) is 6.92 Å². The van der Waals surface area contributed by atoms with Crippen molar-refractivity contribution in [2.45, 2.75) is 17.1 Å². The first-order valence-electron chi connectivity index (χ1n) is 4.54. The van der Waals surface area contributed by atoms with E-state index in [0.29, 0.717) is 6.07 Å². The fourth-order valence-corrected chi connectivity index (χ4v) is 1.69. The minimum Gasteiger partial charge on any atom is -0.231 e. The van der Waals surface area contributed by atoms with Gasteiger partial charge in [-0.2, -0.15) is 4.39 Å². The van der Waals surface area contributed by atoms with Crippen molar-refractivity contribution in [3.8, 4) is 0 Å². The summed E-state index contributed by atoms with van der Waals surface area (Å²) >= 11 is 0.731. The average Bonchev–Trinajstić information content (AvgIpc) is 2.29. The smallest absolute Gasteiger partial charge is 0.231 e. The molecule has 0 amide bonds. The summed E-state index contributed by atoms with van der Waals surface area (Å²) in [5, 5.41) is -0.0826. The highest BCUT2D eigenvalue weighted by Gasteiger charge is 2.13. The number of aromatic nitrogens is 3. The third-order valence-corrected chi connectivity index (χ3v) is 2.67. The summed E-state index contributed by atoms with van der Waals surface area (Å²) in [4.78, 5) is 10.9. The zero-order valence-electron chi connectivity index (χ0n) is 8.62. The Balaban J connectivity index is 2.30. The molecule has 2 rings (SSSR count). The molecule has 0 aliphatic heterocycles. The van der Waals surface area contributed by atoms with Crippen LogP contribution >= 0.6 is 11.8 Å². The van der Waals surface area contributed by atoms with E-state index in [-0.39, 0.29) is 10.2 Å². The van der Waals surface area contributed by atoms with Gasteiger partial charge in [0.1, 0.15) is 5.03 Å². The average molecular weight is 257 g/mol. The molecule has 0 atom stereocenters. The van der Waals surface area contributed by atoms with Crippen molar-refractivity contribution in [1.82, 2.24) is 15.0 Å². The Labute approximate surface area is 99.1 Å². The highest BCUT2D eigenvalue weighted by Crippen LogP contribution is 2.25. The summed E-state index contributed by atoms with van der Waals surface area (Å²) in [7, 11) is 0. The first-order chi connectivity index (χ1) is 8.06. The number of hydrogen-bond acceptors (Lipinski definition) is 4. The van der Waals surface area contributed by atoms with Crippen LogP contribution in [0.4, 0.5) is 13.2 Å². The lowest BCUT2D eigenvalue weighted by molar-refractivity contribution is 0.448. The van der Waals surface area contributed by atoms with Crippen molar-refractivity contribution in [2.75, 3.05) is 0 Å². The number of pyridine rings is 1. The van der Waals surface area contributed by atoms with Crippen LogP contribution in [0, 0.1) is 24.5 Å². The molecule has 3 nitrogen and oxygen atoms in total. The van der Waals surface area contributed by atoms with Gasteiger partial charge >= 0.3 is 0 Å². The fourth-order valence-electron chi connectivity index (χ4n) is 1.02. The van der Waals surface area contributed by atoms with Crippen LogP contribution in [-0.2, 0) is 0 Å². The summed E-state index contributed by atoms with van der Waals surface area (Å²) in [5.41, 5.74) is 0.841. The van der Waals surface area contributed by atoms with Gasteiger partial charge in [0.05, 0.1) is 0 Å². The van der Waals surface area contributed by atoms with Crippen molar-refractivity contribution >= 4 is 11.8 Å². The van der Waals surface area contributed by atoms with E-state index in [1.807, 2.05) is 0 Å². The van der Waals surface area contributed by atoms with Gasteiger partial charge in [0.25, 0.3) is 0 Å². The van der Waals surface area contributed by atoms with Gasteiger partial charge < -0.3 is 0 Å². The minimum absolute atomic E-state index is 0.216. The zero-order valence-corrected chi connectivity index (χ0v) is 9.43. The predicted molar refractivity (Wildman–Crippen MR) is 55.0 cm³/mol. The van der Waals surface area contributed by atoms with Crippen LogP contribution in [0.2, 0.25) is 0 Å². The Morgan fingerprint density at radius 3 is 2.35 bits per heavy atom. The highest BCUT2D eigenvalue weighted by molar-refractivity contribution is 7.99. The van der Waals surface area contributed by atoms with Crippen LogP contribution in [0.5, 0.6) is 0 Å². The van der Waals surface area contributed by atoms with Crippen LogP contribution in [0.3, 0.4) is 0 Å². The Morgan fingerprint density at radius 1 is 1.06 bits per heavy atom. The fraction of sp³-hybridized carbons (Fsp3) is 0.100. The molecule has 0 saturated heterocycles. The van der Waals surface area contributed by atoms with Gasteiger partial charge in [-0.15, -0.1) is 0 Å². The maximum atomic E-state index is 13.2. The molecule has 88 valence electrons. The van der Waals surface area contributed by atoms with Crippen molar-refractivity contribution in [2.24, 2.45) is 0 Å². The third-order valence-electron chi connectivity index (χ3n) is 1.80. The molecule has 0 aliphatic carbocycles. The van der Waals surface area contributed by atoms with Gasteiger partial charge in [-0.25, -0.2) is 23.7 Å². The van der Waals surface area contributed by atoms with Gasteiger partial charge in [0.2, 0.25) is 5.95 Å². The summed E-state index contributed by atoms with van der Waals surface area (Å²) in [6.45, 7) is 1.80. The molecule has 2 aromatic rings. The van der Waals surface area contributed by atoms with Crippen molar-refractivity contribution in [3.05, 3.63) is 41.6 Å². The molecule has 0 saturated carbocycles. The zero-order chi connectivity index (χ0) is 12.4. The van der Waals surface area contributed by atoms with Crippen LogP contribution in [0.25, 0.3) is 0 Å². The van der Waals surface area contributed by atoms with Crippen LogP contribution < -0.4 is 0 Å². The third kappa shape index (κ3) is 2.73. The number of hydrogen-bond donors (Lipinski definition) is 0. The second-order valence-electron chi connectivity index (χ2n) is 3.19. The van der Waals surface area contributed by atoms with Crippen molar-refractivity contribution in [3.63, 3.8) is 0 Å². The van der Waals surface area contributed by atoms with E-state index >= 15 is 0 Å². The van der Waals surface area contributed by atoms with E-state index in [1.165, 1.54) is 12.4 Å². The second kappa shape index (κ2) is 4.70. The summed E-state index contributed by atoms with van der Waals surface area (Å²) in [6, 6.07) is 0.443. The molecule has 2 heterocycles. The van der Waals surface area contributed by atoms with E-state index in [0.717, 1.165) is 17.3 Å². The molecule has 0 bridgehead atoms.